The van der Waals surface area contributed by atoms with E-state index < -0.39 is 5.97 Å². The van der Waals surface area contributed by atoms with Gasteiger partial charge in [0.1, 0.15) is 0 Å². The Morgan fingerprint density at radius 1 is 1.38 bits per heavy atom. The summed E-state index contributed by atoms with van der Waals surface area (Å²) >= 11 is 0. The highest BCUT2D eigenvalue weighted by atomic mass is 16.4. The molecule has 2 aliphatic rings. The molecule has 0 aliphatic heterocycles. The van der Waals surface area contributed by atoms with Crippen LogP contribution in [0, 0.1) is 17.8 Å². The molecular weight excluding hydrogens is 202 g/mol. The molecule has 3 heteroatoms. The van der Waals surface area contributed by atoms with Gasteiger partial charge in [0.05, 0.1) is 6.54 Å². The molecular formula is C13H23NO2. The van der Waals surface area contributed by atoms with Crippen molar-refractivity contribution in [3.05, 3.63) is 0 Å². The second kappa shape index (κ2) is 5.17. The van der Waals surface area contributed by atoms with Gasteiger partial charge >= 0.3 is 5.97 Å². The van der Waals surface area contributed by atoms with Gasteiger partial charge in [0.25, 0.3) is 0 Å². The Bertz CT molecular complexity index is 254. The monoisotopic (exact) mass is 225 g/mol. The lowest BCUT2D eigenvalue weighted by Crippen LogP contribution is -2.36. The lowest BCUT2D eigenvalue weighted by Gasteiger charge is -2.28. The van der Waals surface area contributed by atoms with Gasteiger partial charge in [0, 0.05) is 6.54 Å². The minimum atomic E-state index is -0.684. The normalized spacial score (nSPS) is 32.5. The fraction of sp³-hybridized carbons (Fsp3) is 0.923. The Morgan fingerprint density at radius 3 is 2.69 bits per heavy atom. The summed E-state index contributed by atoms with van der Waals surface area (Å²) in [6.07, 6.45) is 6.63. The number of hydrogen-bond acceptors (Lipinski definition) is 2. The lowest BCUT2D eigenvalue weighted by molar-refractivity contribution is -0.138. The highest BCUT2D eigenvalue weighted by molar-refractivity contribution is 5.69. The SMILES string of the molecule is CCCN(CC(=O)O)CC1CC2CCC1C2. The van der Waals surface area contributed by atoms with E-state index in [9.17, 15) is 4.79 Å². The van der Waals surface area contributed by atoms with Crippen LogP contribution in [-0.4, -0.2) is 35.6 Å². The van der Waals surface area contributed by atoms with Gasteiger partial charge in [-0.15, -0.1) is 0 Å². The molecule has 0 amide bonds. The molecule has 2 bridgehead atoms. The Hall–Kier alpha value is -0.570. The molecule has 3 unspecified atom stereocenters. The average molecular weight is 225 g/mol. The molecule has 1 N–H and O–H groups in total. The van der Waals surface area contributed by atoms with E-state index in [-0.39, 0.29) is 6.54 Å². The topological polar surface area (TPSA) is 40.5 Å². The van der Waals surface area contributed by atoms with E-state index in [2.05, 4.69) is 11.8 Å². The summed E-state index contributed by atoms with van der Waals surface area (Å²) in [5.74, 6) is 1.96. The van der Waals surface area contributed by atoms with Crippen LogP contribution in [0.5, 0.6) is 0 Å². The number of carboxylic acids is 1. The van der Waals surface area contributed by atoms with Crippen molar-refractivity contribution in [2.45, 2.75) is 39.0 Å². The summed E-state index contributed by atoms with van der Waals surface area (Å²) in [5, 5.41) is 8.87. The molecule has 92 valence electrons. The molecule has 3 nitrogen and oxygen atoms in total. The van der Waals surface area contributed by atoms with Crippen LogP contribution in [0.3, 0.4) is 0 Å². The number of carbonyl (C=O) groups is 1. The maximum atomic E-state index is 10.8. The molecule has 0 heterocycles. The summed E-state index contributed by atoms with van der Waals surface area (Å²) in [4.78, 5) is 12.9. The lowest BCUT2D eigenvalue weighted by atomic mass is 9.88. The number of rotatable bonds is 6. The van der Waals surface area contributed by atoms with E-state index in [0.29, 0.717) is 0 Å². The molecule has 2 aliphatic carbocycles. The van der Waals surface area contributed by atoms with Crippen LogP contribution in [0.15, 0.2) is 0 Å². The fourth-order valence-corrected chi connectivity index (χ4v) is 3.67. The molecule has 0 aromatic rings. The molecule has 16 heavy (non-hydrogen) atoms. The third-order valence-electron chi connectivity index (χ3n) is 4.28. The van der Waals surface area contributed by atoms with Crippen LogP contribution >= 0.6 is 0 Å². The summed E-state index contributed by atoms with van der Waals surface area (Å²) in [7, 11) is 0. The molecule has 0 spiro atoms. The molecule has 3 atom stereocenters. The van der Waals surface area contributed by atoms with E-state index in [1.165, 1.54) is 25.7 Å². The Morgan fingerprint density at radius 2 is 2.19 bits per heavy atom. The summed E-state index contributed by atoms with van der Waals surface area (Å²) in [6.45, 7) is 4.29. The number of aliphatic carboxylic acids is 1. The Kier molecular flexibility index (Phi) is 3.85. The van der Waals surface area contributed by atoms with Crippen molar-refractivity contribution in [2.75, 3.05) is 19.6 Å². The Labute approximate surface area is 97.8 Å². The van der Waals surface area contributed by atoms with E-state index in [1.807, 2.05) is 0 Å². The van der Waals surface area contributed by atoms with Gasteiger partial charge in [-0.05, 0) is 50.0 Å². The number of carboxylic acid groups (broad SMARTS) is 1. The third-order valence-corrected chi connectivity index (χ3v) is 4.28. The van der Waals surface area contributed by atoms with Gasteiger partial charge in [0.2, 0.25) is 0 Å². The van der Waals surface area contributed by atoms with E-state index in [4.69, 9.17) is 5.11 Å². The molecule has 2 saturated carbocycles. The quantitative estimate of drug-likeness (QED) is 0.753. The van der Waals surface area contributed by atoms with Crippen LogP contribution in [0.25, 0.3) is 0 Å². The van der Waals surface area contributed by atoms with Crippen LogP contribution in [-0.2, 0) is 4.79 Å². The van der Waals surface area contributed by atoms with Crippen molar-refractivity contribution in [1.29, 1.82) is 0 Å². The van der Waals surface area contributed by atoms with Crippen LogP contribution < -0.4 is 0 Å². The van der Waals surface area contributed by atoms with Crippen molar-refractivity contribution in [2.24, 2.45) is 17.8 Å². The average Bonchev–Trinajstić information content (AvgIpc) is 2.78. The van der Waals surface area contributed by atoms with Gasteiger partial charge in [-0.2, -0.15) is 0 Å². The van der Waals surface area contributed by atoms with E-state index in [0.717, 1.165) is 37.3 Å². The molecule has 0 radical (unpaired) electrons. The zero-order chi connectivity index (χ0) is 11.5. The second-order valence-corrected chi connectivity index (χ2v) is 5.56. The summed E-state index contributed by atoms with van der Waals surface area (Å²) in [5.41, 5.74) is 0. The molecule has 0 aromatic carbocycles. The minimum absolute atomic E-state index is 0.224. The first-order valence-electron chi connectivity index (χ1n) is 6.63. The Balaban J connectivity index is 1.83. The summed E-state index contributed by atoms with van der Waals surface area (Å²) in [6, 6.07) is 0. The first-order valence-corrected chi connectivity index (χ1v) is 6.63. The molecule has 0 aromatic heterocycles. The number of nitrogens with zero attached hydrogens (tertiary/aromatic N) is 1. The number of fused-ring (bicyclic) bond motifs is 2. The smallest absolute Gasteiger partial charge is 0.317 e. The first kappa shape index (κ1) is 11.9. The maximum Gasteiger partial charge on any atom is 0.317 e. The highest BCUT2D eigenvalue weighted by Crippen LogP contribution is 2.48. The summed E-state index contributed by atoms with van der Waals surface area (Å²) < 4.78 is 0. The highest BCUT2D eigenvalue weighted by Gasteiger charge is 2.39. The third kappa shape index (κ3) is 2.76. The van der Waals surface area contributed by atoms with Gasteiger partial charge < -0.3 is 5.11 Å². The fourth-order valence-electron chi connectivity index (χ4n) is 3.67. The van der Waals surface area contributed by atoms with E-state index >= 15 is 0 Å². The van der Waals surface area contributed by atoms with Gasteiger partial charge in [-0.3, -0.25) is 9.69 Å². The predicted molar refractivity (Wildman–Crippen MR) is 63.3 cm³/mol. The van der Waals surface area contributed by atoms with E-state index in [1.54, 1.807) is 0 Å². The zero-order valence-corrected chi connectivity index (χ0v) is 10.2. The van der Waals surface area contributed by atoms with Crippen molar-refractivity contribution in [3.8, 4) is 0 Å². The van der Waals surface area contributed by atoms with Crippen LogP contribution in [0.1, 0.15) is 39.0 Å². The predicted octanol–water partition coefficient (Wildman–Crippen LogP) is 2.22. The van der Waals surface area contributed by atoms with Gasteiger partial charge in [-0.25, -0.2) is 0 Å². The minimum Gasteiger partial charge on any atom is -0.480 e. The van der Waals surface area contributed by atoms with Crippen molar-refractivity contribution < 1.29 is 9.90 Å². The first-order chi connectivity index (χ1) is 7.69. The zero-order valence-electron chi connectivity index (χ0n) is 10.2. The molecule has 0 saturated heterocycles. The maximum absolute atomic E-state index is 10.8. The van der Waals surface area contributed by atoms with Crippen molar-refractivity contribution in [3.63, 3.8) is 0 Å². The van der Waals surface area contributed by atoms with Crippen LogP contribution in [0.2, 0.25) is 0 Å². The molecule has 2 fully saturated rings. The van der Waals surface area contributed by atoms with Crippen molar-refractivity contribution in [1.82, 2.24) is 4.90 Å². The number of hydrogen-bond donors (Lipinski definition) is 1. The van der Waals surface area contributed by atoms with Gasteiger partial charge in [0.15, 0.2) is 0 Å². The largest absolute Gasteiger partial charge is 0.480 e. The second-order valence-electron chi connectivity index (χ2n) is 5.56. The van der Waals surface area contributed by atoms with Gasteiger partial charge in [-0.1, -0.05) is 13.3 Å². The standard InChI is InChI=1S/C13H23NO2/c1-2-5-14(9-13(15)16)8-12-7-10-3-4-11(12)6-10/h10-12H,2-9H2,1H3,(H,15,16). The molecule has 2 rings (SSSR count). The van der Waals surface area contributed by atoms with Crippen molar-refractivity contribution >= 4 is 5.97 Å². The van der Waals surface area contributed by atoms with Crippen LogP contribution in [0.4, 0.5) is 0 Å².